The fourth-order valence-corrected chi connectivity index (χ4v) is 1.96. The maximum atomic E-state index is 11.3. The van der Waals surface area contributed by atoms with Crippen LogP contribution < -0.4 is 19.5 Å². The molecule has 1 atom stereocenters. The highest BCUT2D eigenvalue weighted by Crippen LogP contribution is 2.40. The van der Waals surface area contributed by atoms with Crippen molar-refractivity contribution in [3.63, 3.8) is 0 Å². The van der Waals surface area contributed by atoms with E-state index in [1.165, 1.54) is 7.11 Å². The van der Waals surface area contributed by atoms with Crippen molar-refractivity contribution >= 4 is 5.97 Å². The van der Waals surface area contributed by atoms with Crippen molar-refractivity contribution in [2.75, 3.05) is 27.4 Å². The molecular formula is C14H19NO5. The van der Waals surface area contributed by atoms with Crippen LogP contribution >= 0.6 is 0 Å². The van der Waals surface area contributed by atoms with E-state index in [2.05, 4.69) is 10.1 Å². The molecule has 1 unspecified atom stereocenters. The van der Waals surface area contributed by atoms with Gasteiger partial charge < -0.3 is 24.3 Å². The maximum Gasteiger partial charge on any atom is 0.322 e. The van der Waals surface area contributed by atoms with Gasteiger partial charge in [0.05, 0.1) is 14.2 Å². The van der Waals surface area contributed by atoms with E-state index in [-0.39, 0.29) is 12.0 Å². The molecule has 110 valence electrons. The van der Waals surface area contributed by atoms with Crippen molar-refractivity contribution in [1.29, 1.82) is 0 Å². The van der Waals surface area contributed by atoms with Crippen LogP contribution in [0.3, 0.4) is 0 Å². The minimum Gasteiger partial charge on any atom is -0.493 e. The molecule has 1 aliphatic heterocycles. The van der Waals surface area contributed by atoms with Gasteiger partial charge in [0.25, 0.3) is 0 Å². The van der Waals surface area contributed by atoms with Gasteiger partial charge in [-0.3, -0.25) is 4.79 Å². The van der Waals surface area contributed by atoms with Crippen molar-refractivity contribution in [2.24, 2.45) is 0 Å². The molecule has 1 aromatic carbocycles. The molecule has 1 N–H and O–H groups in total. The zero-order valence-electron chi connectivity index (χ0n) is 11.9. The lowest BCUT2D eigenvalue weighted by molar-refractivity contribution is -0.142. The molecule has 2 rings (SSSR count). The second kappa shape index (κ2) is 6.47. The van der Waals surface area contributed by atoms with Crippen LogP contribution in [0.2, 0.25) is 0 Å². The molecule has 6 heteroatoms. The zero-order chi connectivity index (χ0) is 14.5. The van der Waals surface area contributed by atoms with Gasteiger partial charge in [-0.1, -0.05) is 0 Å². The molecular weight excluding hydrogens is 262 g/mol. The standard InChI is InChI=1S/C14H19NO5/c1-9(14(16)18-3)15-8-10-6-11(17-2)13-12(7-10)19-4-5-20-13/h6-7,9,15H,4-5,8H2,1-3H3. The Labute approximate surface area is 118 Å². The molecule has 6 nitrogen and oxygen atoms in total. The highest BCUT2D eigenvalue weighted by molar-refractivity contribution is 5.75. The van der Waals surface area contributed by atoms with Gasteiger partial charge in [0.15, 0.2) is 11.5 Å². The average molecular weight is 281 g/mol. The van der Waals surface area contributed by atoms with Gasteiger partial charge in [-0.15, -0.1) is 0 Å². The van der Waals surface area contributed by atoms with E-state index >= 15 is 0 Å². The average Bonchev–Trinajstić information content (AvgIpc) is 2.50. The van der Waals surface area contributed by atoms with E-state index < -0.39 is 0 Å². The SMILES string of the molecule is COC(=O)C(C)NCc1cc(OC)c2c(c1)OCCO2. The number of hydrogen-bond acceptors (Lipinski definition) is 6. The summed E-state index contributed by atoms with van der Waals surface area (Å²) in [6, 6.07) is 3.37. The van der Waals surface area contributed by atoms with Crippen LogP contribution in [0.4, 0.5) is 0 Å². The molecule has 0 spiro atoms. The summed E-state index contributed by atoms with van der Waals surface area (Å²) in [6.07, 6.45) is 0. The van der Waals surface area contributed by atoms with Crippen LogP contribution in [0, 0.1) is 0 Å². The summed E-state index contributed by atoms with van der Waals surface area (Å²) in [5.41, 5.74) is 0.946. The lowest BCUT2D eigenvalue weighted by atomic mass is 10.1. The molecule has 0 radical (unpaired) electrons. The Balaban J connectivity index is 2.10. The molecule has 1 heterocycles. The van der Waals surface area contributed by atoms with Crippen LogP contribution in [0.5, 0.6) is 17.2 Å². The van der Waals surface area contributed by atoms with E-state index in [1.807, 2.05) is 12.1 Å². The predicted octanol–water partition coefficient (Wildman–Crippen LogP) is 1.12. The first kappa shape index (κ1) is 14.5. The van der Waals surface area contributed by atoms with Gasteiger partial charge in [-0.05, 0) is 24.6 Å². The third-order valence-corrected chi connectivity index (χ3v) is 3.05. The van der Waals surface area contributed by atoms with E-state index in [1.54, 1.807) is 14.0 Å². The molecule has 0 aliphatic carbocycles. The van der Waals surface area contributed by atoms with Gasteiger partial charge >= 0.3 is 5.97 Å². The summed E-state index contributed by atoms with van der Waals surface area (Å²) < 4.78 is 21.1. The number of esters is 1. The summed E-state index contributed by atoms with van der Waals surface area (Å²) in [4.78, 5) is 11.3. The maximum absolute atomic E-state index is 11.3. The first-order chi connectivity index (χ1) is 9.65. The monoisotopic (exact) mass is 281 g/mol. The number of hydrogen-bond donors (Lipinski definition) is 1. The van der Waals surface area contributed by atoms with Gasteiger partial charge in [0.2, 0.25) is 5.75 Å². The molecule has 0 bridgehead atoms. The highest BCUT2D eigenvalue weighted by Gasteiger charge is 2.19. The fourth-order valence-electron chi connectivity index (χ4n) is 1.96. The second-order valence-corrected chi connectivity index (χ2v) is 4.45. The minimum atomic E-state index is -0.376. The summed E-state index contributed by atoms with van der Waals surface area (Å²) >= 11 is 0. The van der Waals surface area contributed by atoms with Crippen molar-refractivity contribution in [3.8, 4) is 17.2 Å². The highest BCUT2D eigenvalue weighted by atomic mass is 16.6. The Hall–Kier alpha value is -1.95. The molecule has 0 saturated carbocycles. The number of fused-ring (bicyclic) bond motifs is 1. The fraction of sp³-hybridized carbons (Fsp3) is 0.500. The van der Waals surface area contributed by atoms with Crippen LogP contribution in [0.1, 0.15) is 12.5 Å². The van der Waals surface area contributed by atoms with Gasteiger partial charge in [-0.25, -0.2) is 0 Å². The molecule has 0 amide bonds. The largest absolute Gasteiger partial charge is 0.493 e. The predicted molar refractivity (Wildman–Crippen MR) is 72.3 cm³/mol. The number of carbonyl (C=O) groups is 1. The Morgan fingerprint density at radius 2 is 2.10 bits per heavy atom. The van der Waals surface area contributed by atoms with Crippen molar-refractivity contribution in [3.05, 3.63) is 17.7 Å². The van der Waals surface area contributed by atoms with Crippen LogP contribution in [-0.2, 0) is 16.1 Å². The summed E-state index contributed by atoms with van der Waals surface area (Å²) in [7, 11) is 2.95. The smallest absolute Gasteiger partial charge is 0.322 e. The third kappa shape index (κ3) is 3.14. The molecule has 0 saturated heterocycles. The quantitative estimate of drug-likeness (QED) is 0.816. The summed E-state index contributed by atoms with van der Waals surface area (Å²) in [5.74, 6) is 1.63. The minimum absolute atomic E-state index is 0.297. The molecule has 1 aliphatic rings. The van der Waals surface area contributed by atoms with Crippen LogP contribution in [0.25, 0.3) is 0 Å². The van der Waals surface area contributed by atoms with Crippen molar-refractivity contribution < 1.29 is 23.7 Å². The third-order valence-electron chi connectivity index (χ3n) is 3.05. The molecule has 0 aromatic heterocycles. The lowest BCUT2D eigenvalue weighted by Gasteiger charge is -2.21. The van der Waals surface area contributed by atoms with Crippen molar-refractivity contribution in [2.45, 2.75) is 19.5 Å². The lowest BCUT2D eigenvalue weighted by Crippen LogP contribution is -2.34. The Morgan fingerprint density at radius 3 is 2.80 bits per heavy atom. The molecule has 1 aromatic rings. The molecule has 0 fully saturated rings. The van der Waals surface area contributed by atoms with E-state index in [0.717, 1.165) is 5.56 Å². The summed E-state index contributed by atoms with van der Waals surface area (Å²) in [6.45, 7) is 3.29. The number of rotatable bonds is 5. The first-order valence-electron chi connectivity index (χ1n) is 6.43. The van der Waals surface area contributed by atoms with Gasteiger partial charge in [0.1, 0.15) is 19.3 Å². The Morgan fingerprint density at radius 1 is 1.35 bits per heavy atom. The number of methoxy groups -OCH3 is 2. The van der Waals surface area contributed by atoms with Crippen LogP contribution in [-0.4, -0.2) is 39.4 Å². The number of carbonyl (C=O) groups excluding carboxylic acids is 1. The first-order valence-corrected chi connectivity index (χ1v) is 6.43. The number of nitrogens with one attached hydrogen (secondary N) is 1. The van der Waals surface area contributed by atoms with E-state index in [0.29, 0.717) is 37.0 Å². The Bertz CT molecular complexity index is 471. The van der Waals surface area contributed by atoms with Gasteiger partial charge in [-0.2, -0.15) is 0 Å². The molecule has 20 heavy (non-hydrogen) atoms. The van der Waals surface area contributed by atoms with E-state index in [9.17, 15) is 4.79 Å². The van der Waals surface area contributed by atoms with Crippen molar-refractivity contribution in [1.82, 2.24) is 5.32 Å². The van der Waals surface area contributed by atoms with E-state index in [4.69, 9.17) is 14.2 Å². The van der Waals surface area contributed by atoms with Gasteiger partial charge in [0, 0.05) is 6.54 Å². The topological polar surface area (TPSA) is 66.0 Å². The zero-order valence-corrected chi connectivity index (χ0v) is 11.9. The summed E-state index contributed by atoms with van der Waals surface area (Å²) in [5, 5.41) is 3.08. The second-order valence-electron chi connectivity index (χ2n) is 4.45. The number of benzene rings is 1. The normalized spacial score (nSPS) is 14.6. The van der Waals surface area contributed by atoms with Crippen LogP contribution in [0.15, 0.2) is 12.1 Å². The number of ether oxygens (including phenoxy) is 4. The Kier molecular flexibility index (Phi) is 4.68.